The standard InChI is InChI=1S/C39H28Cl3F3N4O5/c1-18-14-19(2-13-30(18)50)32-25-11-12-26-31(36(53)48(34(26)51)24-9-7-23(41)8-10-24)27(25)16-28-35(52)49(37(54)38(28,32)20-3-5-22(40)6-4-20)47-33-29(42)15-21(17-46-33)39(43,44)45/h2-11,13-15,17,26-28,31-32,50H,12,16H2,1H3,(H,46,47). The molecule has 4 aliphatic rings. The minimum atomic E-state index is -4.75. The number of aromatic nitrogens is 1. The summed E-state index contributed by atoms with van der Waals surface area (Å²) in [6, 6.07) is 18.3. The van der Waals surface area contributed by atoms with Crippen molar-refractivity contribution >= 4 is 69.9 Å². The maximum absolute atomic E-state index is 15.3. The van der Waals surface area contributed by atoms with Crippen LogP contribution in [0.4, 0.5) is 24.7 Å². The monoisotopic (exact) mass is 794 g/mol. The van der Waals surface area contributed by atoms with Gasteiger partial charge in [0.1, 0.15) is 5.75 Å². The summed E-state index contributed by atoms with van der Waals surface area (Å²) in [5.41, 5.74) is 2.27. The molecule has 276 valence electrons. The van der Waals surface area contributed by atoms with Gasteiger partial charge in [-0.25, -0.2) is 4.98 Å². The molecular weight excluding hydrogens is 768 g/mol. The van der Waals surface area contributed by atoms with E-state index in [9.17, 15) is 32.7 Å². The highest BCUT2D eigenvalue weighted by molar-refractivity contribution is 6.33. The number of carbonyl (C=O) groups is 4. The molecule has 2 aliphatic carbocycles. The summed E-state index contributed by atoms with van der Waals surface area (Å²) in [7, 11) is 0. The van der Waals surface area contributed by atoms with Gasteiger partial charge in [0.15, 0.2) is 5.82 Å². The number of aryl methyl sites for hydroxylation is 1. The molecule has 2 aliphatic heterocycles. The Labute approximate surface area is 321 Å². The van der Waals surface area contributed by atoms with Crippen LogP contribution in [0, 0.1) is 30.6 Å². The fourth-order valence-electron chi connectivity index (χ4n) is 8.86. The van der Waals surface area contributed by atoms with Crippen molar-refractivity contribution in [3.05, 3.63) is 128 Å². The van der Waals surface area contributed by atoms with Crippen LogP contribution in [0.3, 0.4) is 0 Å². The quantitative estimate of drug-likeness (QED) is 0.154. The van der Waals surface area contributed by atoms with Gasteiger partial charge in [-0.3, -0.25) is 29.5 Å². The lowest BCUT2D eigenvalue weighted by Gasteiger charge is -2.50. The van der Waals surface area contributed by atoms with Crippen molar-refractivity contribution < 1.29 is 37.5 Å². The van der Waals surface area contributed by atoms with E-state index in [1.165, 1.54) is 6.07 Å². The van der Waals surface area contributed by atoms with E-state index in [4.69, 9.17) is 34.8 Å². The van der Waals surface area contributed by atoms with E-state index in [-0.39, 0.29) is 24.4 Å². The highest BCUT2D eigenvalue weighted by atomic mass is 35.5. The van der Waals surface area contributed by atoms with E-state index in [1.54, 1.807) is 67.6 Å². The third-order valence-corrected chi connectivity index (χ3v) is 12.0. The van der Waals surface area contributed by atoms with Gasteiger partial charge in [-0.1, -0.05) is 70.7 Å². The first-order valence-electron chi connectivity index (χ1n) is 16.9. The minimum Gasteiger partial charge on any atom is -0.508 e. The number of nitrogens with zero attached hydrogens (tertiary/aromatic N) is 3. The Bertz CT molecular complexity index is 2300. The number of benzene rings is 3. The van der Waals surface area contributed by atoms with Crippen molar-refractivity contribution in [3.8, 4) is 5.75 Å². The molecule has 6 unspecified atom stereocenters. The third kappa shape index (κ3) is 5.40. The molecule has 3 fully saturated rings. The second-order valence-corrected chi connectivity index (χ2v) is 15.2. The number of nitrogens with one attached hydrogen (secondary N) is 1. The summed E-state index contributed by atoms with van der Waals surface area (Å²) < 4.78 is 40.4. The maximum Gasteiger partial charge on any atom is 0.417 e. The molecule has 1 saturated carbocycles. The summed E-state index contributed by atoms with van der Waals surface area (Å²) >= 11 is 18.7. The van der Waals surface area contributed by atoms with E-state index >= 15 is 4.79 Å². The number of fused-ring (bicyclic) bond motifs is 4. The summed E-state index contributed by atoms with van der Waals surface area (Å²) in [6.07, 6.45) is -2.19. The Morgan fingerprint density at radius 2 is 1.54 bits per heavy atom. The van der Waals surface area contributed by atoms with Gasteiger partial charge in [-0.15, -0.1) is 0 Å². The largest absolute Gasteiger partial charge is 0.508 e. The van der Waals surface area contributed by atoms with Crippen LogP contribution in [0.2, 0.25) is 15.1 Å². The normalized spacial score (nSPS) is 26.4. The third-order valence-electron chi connectivity index (χ3n) is 11.2. The number of rotatable bonds is 5. The molecule has 54 heavy (non-hydrogen) atoms. The second kappa shape index (κ2) is 12.9. The van der Waals surface area contributed by atoms with Crippen LogP contribution >= 0.6 is 34.8 Å². The molecule has 0 bridgehead atoms. The number of phenols is 1. The predicted molar refractivity (Wildman–Crippen MR) is 194 cm³/mol. The average Bonchev–Trinajstić information content (AvgIpc) is 3.51. The van der Waals surface area contributed by atoms with Crippen molar-refractivity contribution in [2.75, 3.05) is 10.3 Å². The average molecular weight is 796 g/mol. The number of aromatic hydroxyl groups is 1. The molecule has 4 amide bonds. The number of anilines is 2. The van der Waals surface area contributed by atoms with Crippen molar-refractivity contribution in [2.45, 2.75) is 37.3 Å². The van der Waals surface area contributed by atoms with Crippen molar-refractivity contribution in [3.63, 3.8) is 0 Å². The number of imide groups is 2. The zero-order valence-electron chi connectivity index (χ0n) is 28.1. The van der Waals surface area contributed by atoms with Crippen molar-refractivity contribution in [1.82, 2.24) is 9.99 Å². The number of carbonyl (C=O) groups excluding carboxylic acids is 4. The number of amides is 4. The highest BCUT2D eigenvalue weighted by Crippen LogP contribution is 2.64. The fourth-order valence-corrected chi connectivity index (χ4v) is 9.32. The maximum atomic E-state index is 15.3. The molecule has 2 saturated heterocycles. The fraction of sp³-hybridized carbons (Fsp3) is 0.256. The van der Waals surface area contributed by atoms with Crippen molar-refractivity contribution in [2.24, 2.45) is 23.7 Å². The van der Waals surface area contributed by atoms with Crippen LogP contribution in [-0.4, -0.2) is 38.7 Å². The van der Waals surface area contributed by atoms with Crippen LogP contribution in [0.1, 0.15) is 41.0 Å². The van der Waals surface area contributed by atoms with Gasteiger partial charge in [0.2, 0.25) is 11.8 Å². The van der Waals surface area contributed by atoms with Gasteiger partial charge in [-0.2, -0.15) is 18.2 Å². The Morgan fingerprint density at radius 1 is 0.870 bits per heavy atom. The molecule has 0 spiro atoms. The molecule has 8 rings (SSSR count). The van der Waals surface area contributed by atoms with Crippen LogP contribution in [0.15, 0.2) is 90.6 Å². The van der Waals surface area contributed by atoms with E-state index < -0.39 is 75.4 Å². The highest BCUT2D eigenvalue weighted by Gasteiger charge is 2.70. The topological polar surface area (TPSA) is 120 Å². The summed E-state index contributed by atoms with van der Waals surface area (Å²) in [5.74, 6) is -7.09. The molecule has 2 N–H and O–H groups in total. The zero-order valence-corrected chi connectivity index (χ0v) is 30.3. The van der Waals surface area contributed by atoms with Crippen molar-refractivity contribution in [1.29, 1.82) is 0 Å². The predicted octanol–water partition coefficient (Wildman–Crippen LogP) is 8.26. The van der Waals surface area contributed by atoms with Gasteiger partial charge in [0, 0.05) is 22.2 Å². The first-order chi connectivity index (χ1) is 25.6. The first kappa shape index (κ1) is 36.1. The van der Waals surface area contributed by atoms with Crippen LogP contribution in [-0.2, 0) is 30.8 Å². The zero-order chi connectivity index (χ0) is 38.4. The molecule has 4 aromatic rings. The number of alkyl halides is 3. The SMILES string of the molecule is Cc1cc(C2C3=CCC4C(=O)N(c5ccc(Cl)cc5)C(=O)C4C3CC3C(=O)N(Nc4ncc(C(F)(F)F)cc4Cl)C(=O)C32c2ccc(Cl)cc2)ccc1O. The lowest BCUT2D eigenvalue weighted by Crippen LogP contribution is -2.53. The Kier molecular flexibility index (Phi) is 8.59. The molecule has 3 aromatic carbocycles. The molecule has 3 heterocycles. The van der Waals surface area contributed by atoms with Gasteiger partial charge < -0.3 is 5.11 Å². The van der Waals surface area contributed by atoms with E-state index in [2.05, 4.69) is 10.4 Å². The van der Waals surface area contributed by atoms with Crippen LogP contribution in [0.5, 0.6) is 5.75 Å². The molecule has 1 aromatic heterocycles. The number of allylic oxidation sites excluding steroid dienone is 2. The minimum absolute atomic E-state index is 0.00352. The smallest absolute Gasteiger partial charge is 0.417 e. The second-order valence-electron chi connectivity index (χ2n) is 14.0. The van der Waals surface area contributed by atoms with Gasteiger partial charge in [0.25, 0.3) is 11.8 Å². The van der Waals surface area contributed by atoms with Crippen LogP contribution < -0.4 is 10.3 Å². The Hall–Kier alpha value is -4.91. The van der Waals surface area contributed by atoms with Crippen LogP contribution in [0.25, 0.3) is 0 Å². The summed E-state index contributed by atoms with van der Waals surface area (Å²) in [5, 5.41) is 11.6. The number of hydrogen-bond donors (Lipinski definition) is 2. The lowest BCUT2D eigenvalue weighted by atomic mass is 9.49. The summed E-state index contributed by atoms with van der Waals surface area (Å²) in [4.78, 5) is 63.4. The van der Waals surface area contributed by atoms with Gasteiger partial charge >= 0.3 is 6.18 Å². The molecular formula is C39H28Cl3F3N4O5. The molecule has 15 heteroatoms. The molecule has 9 nitrogen and oxygen atoms in total. The first-order valence-corrected chi connectivity index (χ1v) is 18.0. The van der Waals surface area contributed by atoms with Gasteiger partial charge in [-0.05, 0) is 90.9 Å². The lowest BCUT2D eigenvalue weighted by molar-refractivity contribution is -0.139. The number of halogens is 6. The Balaban J connectivity index is 1.31. The van der Waals surface area contributed by atoms with E-state index in [0.29, 0.717) is 50.3 Å². The Morgan fingerprint density at radius 3 is 2.17 bits per heavy atom. The number of hydrazine groups is 1. The number of phenolic OH excluding ortho intramolecular Hbond substituents is 1. The molecule has 0 radical (unpaired) electrons. The van der Waals surface area contributed by atoms with Gasteiger partial charge in [0.05, 0.1) is 39.4 Å². The number of pyridine rings is 1. The summed E-state index contributed by atoms with van der Waals surface area (Å²) in [6.45, 7) is 1.69. The number of hydrogen-bond acceptors (Lipinski definition) is 7. The van der Waals surface area contributed by atoms with E-state index in [1.807, 2.05) is 6.08 Å². The molecule has 6 atom stereocenters. The van der Waals surface area contributed by atoms with E-state index in [0.717, 1.165) is 9.91 Å².